The van der Waals surface area contributed by atoms with Gasteiger partial charge in [-0.2, -0.15) is 0 Å². The number of pyridine rings is 1. The van der Waals surface area contributed by atoms with Gasteiger partial charge >= 0.3 is 0 Å². The molecule has 0 spiro atoms. The van der Waals surface area contributed by atoms with E-state index in [0.29, 0.717) is 12.1 Å². The molecule has 0 saturated heterocycles. The Morgan fingerprint density at radius 1 is 1.27 bits per heavy atom. The molecule has 3 rings (SSSR count). The van der Waals surface area contributed by atoms with Crippen LogP contribution in [0.4, 0.5) is 13.2 Å². The van der Waals surface area contributed by atoms with Gasteiger partial charge in [-0.05, 0) is 0 Å². The highest BCUT2D eigenvalue weighted by Crippen LogP contribution is 2.26. The van der Waals surface area contributed by atoms with Crippen molar-refractivity contribution < 1.29 is 32.6 Å². The van der Waals surface area contributed by atoms with Crippen LogP contribution in [0.3, 0.4) is 0 Å². The van der Waals surface area contributed by atoms with Crippen LogP contribution in [0, 0.1) is 17.5 Å². The summed E-state index contributed by atoms with van der Waals surface area (Å²) < 4.78 is 46.9. The standard InChI is InChI=1S/C19H18F3N3O5/c1-24-6-10(8-30-2)25-7-12(16(26)17(27)15(25)19(24)29)18(28)23-5-11-13(21)3-9(20)4-14(11)22/h3-4,7,10,27H,5-6,8H2,1-2H3,(H,23,28)/t10-/m1/s1. The minimum absolute atomic E-state index is 0.125. The second kappa shape index (κ2) is 8.19. The van der Waals surface area contributed by atoms with Crippen LogP contribution in [0.1, 0.15) is 32.5 Å². The number of aromatic nitrogens is 1. The number of hydrogen-bond acceptors (Lipinski definition) is 5. The van der Waals surface area contributed by atoms with Gasteiger partial charge in [0.1, 0.15) is 23.0 Å². The van der Waals surface area contributed by atoms with E-state index in [0.717, 1.165) is 6.20 Å². The summed E-state index contributed by atoms with van der Waals surface area (Å²) >= 11 is 0. The van der Waals surface area contributed by atoms with E-state index in [2.05, 4.69) is 5.32 Å². The lowest BCUT2D eigenvalue weighted by Crippen LogP contribution is -2.44. The molecule has 1 aliphatic rings. The molecule has 1 atom stereocenters. The highest BCUT2D eigenvalue weighted by atomic mass is 19.1. The van der Waals surface area contributed by atoms with Crippen LogP contribution in [0.2, 0.25) is 0 Å². The Bertz CT molecular complexity index is 1060. The minimum Gasteiger partial charge on any atom is -0.503 e. The van der Waals surface area contributed by atoms with Gasteiger partial charge in [0.05, 0.1) is 12.6 Å². The fraction of sp³-hybridized carbons (Fsp3) is 0.316. The predicted octanol–water partition coefficient (Wildman–Crippen LogP) is 1.17. The van der Waals surface area contributed by atoms with Crippen LogP contribution in [0.15, 0.2) is 23.1 Å². The maximum Gasteiger partial charge on any atom is 0.274 e. The van der Waals surface area contributed by atoms with Gasteiger partial charge in [0.25, 0.3) is 11.8 Å². The van der Waals surface area contributed by atoms with Gasteiger partial charge in [0.2, 0.25) is 5.43 Å². The number of nitrogens with one attached hydrogen (secondary N) is 1. The second-order valence-electron chi connectivity index (χ2n) is 6.80. The van der Waals surface area contributed by atoms with Crippen molar-refractivity contribution in [3.63, 3.8) is 0 Å². The average Bonchev–Trinajstić information content (AvgIpc) is 2.67. The number of likely N-dealkylation sites (N-methyl/N-ethyl adjacent to an activating group) is 1. The normalized spacial score (nSPS) is 15.8. The van der Waals surface area contributed by atoms with E-state index in [4.69, 9.17) is 4.74 Å². The highest BCUT2D eigenvalue weighted by Gasteiger charge is 2.34. The molecule has 11 heteroatoms. The van der Waals surface area contributed by atoms with Gasteiger partial charge in [0, 0.05) is 51.1 Å². The van der Waals surface area contributed by atoms with Gasteiger partial charge in [-0.15, -0.1) is 0 Å². The lowest BCUT2D eigenvalue weighted by molar-refractivity contribution is 0.0631. The number of carbonyl (C=O) groups excluding carboxylic acids is 2. The van der Waals surface area contributed by atoms with E-state index < -0.39 is 64.2 Å². The lowest BCUT2D eigenvalue weighted by atomic mass is 10.1. The molecule has 1 aromatic heterocycles. The summed E-state index contributed by atoms with van der Waals surface area (Å²) in [6.07, 6.45) is 1.10. The number of hydrogen-bond donors (Lipinski definition) is 2. The largest absolute Gasteiger partial charge is 0.503 e. The summed E-state index contributed by atoms with van der Waals surface area (Å²) in [6.45, 7) is -0.336. The molecule has 0 fully saturated rings. The molecule has 2 aromatic rings. The monoisotopic (exact) mass is 425 g/mol. The van der Waals surface area contributed by atoms with Crippen LogP contribution in [0.25, 0.3) is 0 Å². The minimum atomic E-state index is -1.20. The van der Waals surface area contributed by atoms with E-state index in [1.165, 1.54) is 23.6 Å². The first-order chi connectivity index (χ1) is 14.1. The topological polar surface area (TPSA) is 101 Å². The van der Waals surface area contributed by atoms with Crippen LogP contribution >= 0.6 is 0 Å². The zero-order valence-electron chi connectivity index (χ0n) is 16.0. The maximum atomic E-state index is 13.8. The first kappa shape index (κ1) is 21.4. The van der Waals surface area contributed by atoms with Gasteiger partial charge in [-0.25, -0.2) is 13.2 Å². The predicted molar refractivity (Wildman–Crippen MR) is 97.7 cm³/mol. The molecule has 1 aliphatic heterocycles. The molecule has 0 aliphatic carbocycles. The van der Waals surface area contributed by atoms with Crippen LogP contribution in [0.5, 0.6) is 5.75 Å². The smallest absolute Gasteiger partial charge is 0.274 e. The number of amides is 2. The van der Waals surface area contributed by atoms with Gasteiger partial charge in [-0.3, -0.25) is 14.4 Å². The molecule has 0 saturated carbocycles. The molecule has 2 amide bonds. The van der Waals surface area contributed by atoms with Crippen molar-refractivity contribution in [2.45, 2.75) is 12.6 Å². The Kier molecular flexibility index (Phi) is 5.83. The van der Waals surface area contributed by atoms with Crippen molar-refractivity contribution in [1.29, 1.82) is 0 Å². The molecule has 0 radical (unpaired) electrons. The van der Waals surface area contributed by atoms with Crippen LogP contribution in [-0.4, -0.2) is 53.7 Å². The summed E-state index contributed by atoms with van der Waals surface area (Å²) in [7, 11) is 2.92. The number of carbonyl (C=O) groups is 2. The number of halogens is 3. The third-order valence-electron chi connectivity index (χ3n) is 4.77. The molecule has 0 bridgehead atoms. The van der Waals surface area contributed by atoms with E-state index in [1.54, 1.807) is 0 Å². The third-order valence-corrected chi connectivity index (χ3v) is 4.77. The Morgan fingerprint density at radius 2 is 1.90 bits per heavy atom. The van der Waals surface area contributed by atoms with Crippen LogP contribution < -0.4 is 10.7 Å². The quantitative estimate of drug-likeness (QED) is 0.749. The van der Waals surface area contributed by atoms with E-state index >= 15 is 0 Å². The third kappa shape index (κ3) is 3.75. The molecule has 30 heavy (non-hydrogen) atoms. The number of fused-ring (bicyclic) bond motifs is 1. The summed E-state index contributed by atoms with van der Waals surface area (Å²) in [6, 6.07) is 0.432. The van der Waals surface area contributed by atoms with Gasteiger partial charge in [-0.1, -0.05) is 0 Å². The van der Waals surface area contributed by atoms with Crippen molar-refractivity contribution in [2.24, 2.45) is 0 Å². The summed E-state index contributed by atoms with van der Waals surface area (Å²) in [5.74, 6) is -6.08. The average molecular weight is 425 g/mol. The van der Waals surface area contributed by atoms with Crippen molar-refractivity contribution in [3.05, 3.63) is 62.8 Å². The van der Waals surface area contributed by atoms with E-state index in [9.17, 15) is 32.7 Å². The number of benzene rings is 1. The molecule has 2 heterocycles. The fourth-order valence-corrected chi connectivity index (χ4v) is 3.28. The zero-order chi connectivity index (χ0) is 22.2. The van der Waals surface area contributed by atoms with Crippen molar-refractivity contribution >= 4 is 11.8 Å². The molecule has 1 aromatic carbocycles. The van der Waals surface area contributed by atoms with E-state index in [1.807, 2.05) is 0 Å². The van der Waals surface area contributed by atoms with Gasteiger partial charge < -0.3 is 24.6 Å². The fourth-order valence-electron chi connectivity index (χ4n) is 3.28. The molecule has 160 valence electrons. The van der Waals surface area contributed by atoms with Gasteiger partial charge in [0.15, 0.2) is 11.4 Å². The number of ether oxygens (including phenoxy) is 1. The Morgan fingerprint density at radius 3 is 2.50 bits per heavy atom. The number of rotatable bonds is 5. The number of nitrogens with zero attached hydrogens (tertiary/aromatic N) is 2. The first-order valence-corrected chi connectivity index (χ1v) is 8.79. The SMILES string of the molecule is COC[C@H]1CN(C)C(=O)c2c(O)c(=O)c(C(=O)NCc3c(F)cc(F)cc3F)cn21. The summed E-state index contributed by atoms with van der Waals surface area (Å²) in [5.41, 5.74) is -2.53. The Labute approximate surface area is 168 Å². The molecule has 2 N–H and O–H groups in total. The maximum absolute atomic E-state index is 13.8. The van der Waals surface area contributed by atoms with Crippen molar-refractivity contribution in [3.8, 4) is 5.75 Å². The summed E-state index contributed by atoms with van der Waals surface area (Å²) in [5, 5.41) is 12.5. The van der Waals surface area contributed by atoms with Crippen LogP contribution in [-0.2, 0) is 11.3 Å². The number of methoxy groups -OCH3 is 1. The lowest BCUT2D eigenvalue weighted by Gasteiger charge is -2.34. The Hall–Kier alpha value is -3.34. The Balaban J connectivity index is 1.96. The van der Waals surface area contributed by atoms with Crippen molar-refractivity contribution in [2.75, 3.05) is 27.3 Å². The molecule has 0 unspecified atom stereocenters. The zero-order valence-corrected chi connectivity index (χ0v) is 16.0. The highest BCUT2D eigenvalue weighted by molar-refractivity contribution is 5.99. The molecular formula is C19H18F3N3O5. The molecule has 8 nitrogen and oxygen atoms in total. The van der Waals surface area contributed by atoms with E-state index in [-0.39, 0.29) is 18.8 Å². The number of aromatic hydroxyl groups is 1. The second-order valence-corrected chi connectivity index (χ2v) is 6.80. The molecular weight excluding hydrogens is 407 g/mol. The first-order valence-electron chi connectivity index (χ1n) is 8.79. The summed E-state index contributed by atoms with van der Waals surface area (Å²) in [4.78, 5) is 38.6. The van der Waals surface area contributed by atoms with Crippen molar-refractivity contribution in [1.82, 2.24) is 14.8 Å².